The molecular formula is C12H16F2N2O2. The lowest BCUT2D eigenvalue weighted by atomic mass is 10.2. The molecular weight excluding hydrogens is 242 g/mol. The monoisotopic (exact) mass is 258 g/mol. The van der Waals surface area contributed by atoms with Gasteiger partial charge in [0, 0.05) is 6.07 Å². The van der Waals surface area contributed by atoms with Crippen LogP contribution >= 0.6 is 0 Å². The zero-order valence-electron chi connectivity index (χ0n) is 10.5. The quantitative estimate of drug-likeness (QED) is 0.820. The van der Waals surface area contributed by atoms with Gasteiger partial charge in [-0.2, -0.15) is 0 Å². The molecule has 1 aromatic carbocycles. The van der Waals surface area contributed by atoms with Crippen molar-refractivity contribution in [1.29, 1.82) is 0 Å². The van der Waals surface area contributed by atoms with Gasteiger partial charge >= 0.3 is 6.09 Å². The normalized spacial score (nSPS) is 10.9. The van der Waals surface area contributed by atoms with Crippen LogP contribution in [0.15, 0.2) is 18.2 Å². The van der Waals surface area contributed by atoms with Gasteiger partial charge in [0.05, 0.1) is 12.4 Å². The van der Waals surface area contributed by atoms with Gasteiger partial charge in [-0.3, -0.25) is 0 Å². The van der Waals surface area contributed by atoms with Crippen LogP contribution in [0.2, 0.25) is 0 Å². The molecule has 100 valence electrons. The summed E-state index contributed by atoms with van der Waals surface area (Å²) < 4.78 is 30.8. The molecule has 4 nitrogen and oxygen atoms in total. The van der Waals surface area contributed by atoms with E-state index < -0.39 is 23.3 Å². The number of benzene rings is 1. The average molecular weight is 258 g/mol. The van der Waals surface area contributed by atoms with Crippen LogP contribution in [0.4, 0.5) is 19.3 Å². The first-order chi connectivity index (χ1) is 8.28. The summed E-state index contributed by atoms with van der Waals surface area (Å²) in [5.74, 6) is -1.38. The van der Waals surface area contributed by atoms with Crippen molar-refractivity contribution in [1.82, 2.24) is 5.32 Å². The molecule has 0 saturated carbocycles. The SMILES string of the molecule is CC(C)(C)OC(=O)NCNc1ccc(F)cc1F. The molecule has 2 N–H and O–H groups in total. The zero-order chi connectivity index (χ0) is 13.8. The van der Waals surface area contributed by atoms with E-state index in [4.69, 9.17) is 4.74 Å². The van der Waals surface area contributed by atoms with Crippen molar-refractivity contribution in [3.05, 3.63) is 29.8 Å². The molecule has 0 fully saturated rings. The Morgan fingerprint density at radius 3 is 2.56 bits per heavy atom. The van der Waals surface area contributed by atoms with Crippen LogP contribution in [0.3, 0.4) is 0 Å². The van der Waals surface area contributed by atoms with Crippen molar-refractivity contribution in [3.63, 3.8) is 0 Å². The van der Waals surface area contributed by atoms with Gasteiger partial charge in [0.25, 0.3) is 0 Å². The molecule has 0 aromatic heterocycles. The summed E-state index contributed by atoms with van der Waals surface area (Å²) in [6.07, 6.45) is -0.613. The van der Waals surface area contributed by atoms with E-state index >= 15 is 0 Å². The second-order valence-corrected chi connectivity index (χ2v) is 4.66. The second kappa shape index (κ2) is 5.66. The standard InChI is InChI=1S/C12H16F2N2O2/c1-12(2,3)18-11(17)16-7-15-10-5-4-8(13)6-9(10)14/h4-6,15H,7H2,1-3H3,(H,16,17). The molecule has 0 spiro atoms. The van der Waals surface area contributed by atoms with Crippen LogP contribution < -0.4 is 10.6 Å². The van der Waals surface area contributed by atoms with Crippen LogP contribution in [-0.4, -0.2) is 18.4 Å². The van der Waals surface area contributed by atoms with Gasteiger partial charge < -0.3 is 15.4 Å². The fourth-order valence-electron chi connectivity index (χ4n) is 1.16. The van der Waals surface area contributed by atoms with Crippen molar-refractivity contribution < 1.29 is 18.3 Å². The molecule has 0 saturated heterocycles. The highest BCUT2D eigenvalue weighted by Gasteiger charge is 2.15. The van der Waals surface area contributed by atoms with Crippen LogP contribution in [-0.2, 0) is 4.74 Å². The maximum Gasteiger partial charge on any atom is 0.409 e. The number of halogens is 2. The number of anilines is 1. The Bertz CT molecular complexity index is 431. The molecule has 0 atom stereocenters. The van der Waals surface area contributed by atoms with E-state index in [1.54, 1.807) is 20.8 Å². The first-order valence-electron chi connectivity index (χ1n) is 5.44. The van der Waals surface area contributed by atoms with Gasteiger partial charge in [0.15, 0.2) is 0 Å². The van der Waals surface area contributed by atoms with E-state index in [2.05, 4.69) is 10.6 Å². The Hall–Kier alpha value is -1.85. The molecule has 0 aliphatic heterocycles. The third-order valence-electron chi connectivity index (χ3n) is 1.84. The highest BCUT2D eigenvalue weighted by molar-refractivity contribution is 5.68. The molecule has 0 aliphatic carbocycles. The Morgan fingerprint density at radius 2 is 2.00 bits per heavy atom. The minimum absolute atomic E-state index is 0.0164. The predicted octanol–water partition coefficient (Wildman–Crippen LogP) is 2.86. The van der Waals surface area contributed by atoms with Crippen molar-refractivity contribution in [2.24, 2.45) is 0 Å². The summed E-state index contributed by atoms with van der Waals surface area (Å²) in [5.41, 5.74) is -0.488. The summed E-state index contributed by atoms with van der Waals surface area (Å²) in [7, 11) is 0. The Balaban J connectivity index is 2.40. The van der Waals surface area contributed by atoms with Crippen molar-refractivity contribution in [3.8, 4) is 0 Å². The number of hydrogen-bond acceptors (Lipinski definition) is 3. The number of carbonyl (C=O) groups is 1. The van der Waals surface area contributed by atoms with Crippen LogP contribution in [0.25, 0.3) is 0 Å². The topological polar surface area (TPSA) is 50.4 Å². The third kappa shape index (κ3) is 4.99. The Labute approximate surface area is 104 Å². The molecule has 0 bridgehead atoms. The predicted molar refractivity (Wildman–Crippen MR) is 64.2 cm³/mol. The van der Waals surface area contributed by atoms with Crippen molar-refractivity contribution in [2.45, 2.75) is 26.4 Å². The third-order valence-corrected chi connectivity index (χ3v) is 1.84. The summed E-state index contributed by atoms with van der Waals surface area (Å²) in [5, 5.41) is 5.00. The molecule has 1 aromatic rings. The van der Waals surface area contributed by atoms with E-state index in [9.17, 15) is 13.6 Å². The van der Waals surface area contributed by atoms with E-state index in [1.165, 1.54) is 6.07 Å². The summed E-state index contributed by atoms with van der Waals surface area (Å²) in [6, 6.07) is 3.14. The fraction of sp³-hybridized carbons (Fsp3) is 0.417. The van der Waals surface area contributed by atoms with Crippen molar-refractivity contribution in [2.75, 3.05) is 12.0 Å². The lowest BCUT2D eigenvalue weighted by molar-refractivity contribution is 0.0532. The average Bonchev–Trinajstić information content (AvgIpc) is 2.18. The second-order valence-electron chi connectivity index (χ2n) is 4.66. The summed E-state index contributed by atoms with van der Waals surface area (Å²) >= 11 is 0. The maximum absolute atomic E-state index is 13.2. The van der Waals surface area contributed by atoms with Gasteiger partial charge in [-0.15, -0.1) is 0 Å². The molecule has 0 heterocycles. The van der Waals surface area contributed by atoms with Crippen LogP contribution in [0, 0.1) is 11.6 Å². The highest BCUT2D eigenvalue weighted by Crippen LogP contribution is 2.14. The van der Waals surface area contributed by atoms with E-state index in [-0.39, 0.29) is 12.4 Å². The molecule has 6 heteroatoms. The lowest BCUT2D eigenvalue weighted by Crippen LogP contribution is -2.35. The molecule has 1 amide bonds. The van der Waals surface area contributed by atoms with E-state index in [1.807, 2.05) is 0 Å². The lowest BCUT2D eigenvalue weighted by Gasteiger charge is -2.20. The minimum atomic E-state index is -0.721. The largest absolute Gasteiger partial charge is 0.444 e. The minimum Gasteiger partial charge on any atom is -0.444 e. The molecule has 18 heavy (non-hydrogen) atoms. The van der Waals surface area contributed by atoms with Gasteiger partial charge in [0.1, 0.15) is 17.2 Å². The smallest absolute Gasteiger partial charge is 0.409 e. The molecule has 0 radical (unpaired) electrons. The van der Waals surface area contributed by atoms with Crippen LogP contribution in [0.5, 0.6) is 0 Å². The zero-order valence-corrected chi connectivity index (χ0v) is 10.5. The number of ether oxygens (including phenoxy) is 1. The van der Waals surface area contributed by atoms with Crippen LogP contribution in [0.1, 0.15) is 20.8 Å². The maximum atomic E-state index is 13.2. The molecule has 0 aliphatic rings. The van der Waals surface area contributed by atoms with Gasteiger partial charge in [0.2, 0.25) is 0 Å². The number of hydrogen-bond donors (Lipinski definition) is 2. The summed E-state index contributed by atoms with van der Waals surface area (Å²) in [4.78, 5) is 11.3. The number of carbonyl (C=O) groups excluding carboxylic acids is 1. The first kappa shape index (κ1) is 14.2. The molecule has 0 unspecified atom stereocenters. The van der Waals surface area contributed by atoms with Gasteiger partial charge in [-0.1, -0.05) is 0 Å². The Kier molecular flexibility index (Phi) is 4.47. The number of alkyl carbamates (subject to hydrolysis) is 1. The van der Waals surface area contributed by atoms with E-state index in [0.717, 1.165) is 12.1 Å². The highest BCUT2D eigenvalue weighted by atomic mass is 19.1. The first-order valence-corrected chi connectivity index (χ1v) is 5.44. The molecule has 1 rings (SSSR count). The fourth-order valence-corrected chi connectivity index (χ4v) is 1.16. The van der Waals surface area contributed by atoms with Gasteiger partial charge in [-0.05, 0) is 32.9 Å². The number of rotatable bonds is 3. The Morgan fingerprint density at radius 1 is 1.33 bits per heavy atom. The summed E-state index contributed by atoms with van der Waals surface area (Å²) in [6.45, 7) is 5.19. The number of amides is 1. The van der Waals surface area contributed by atoms with Crippen molar-refractivity contribution >= 4 is 11.8 Å². The number of nitrogens with one attached hydrogen (secondary N) is 2. The van der Waals surface area contributed by atoms with E-state index in [0.29, 0.717) is 0 Å². The van der Waals surface area contributed by atoms with Gasteiger partial charge in [-0.25, -0.2) is 13.6 Å².